The fraction of sp³-hybridized carbons (Fsp3) is 0. The molecule has 0 spiro atoms. The molecule has 0 atom stereocenters. The van der Waals surface area contributed by atoms with E-state index in [0.29, 0.717) is 16.1 Å². The monoisotopic (exact) mass is 249 g/mol. The molecule has 0 radical (unpaired) electrons. The van der Waals surface area contributed by atoms with Gasteiger partial charge in [0.25, 0.3) is 0 Å². The Labute approximate surface area is 102 Å². The molecule has 0 aliphatic carbocycles. The Balaban J connectivity index is 2.30. The van der Waals surface area contributed by atoms with Gasteiger partial charge < -0.3 is 10.1 Å². The number of carboxylic acids is 1. The predicted molar refractivity (Wildman–Crippen MR) is 62.6 cm³/mol. The zero-order valence-electron chi connectivity index (χ0n) is 8.61. The number of H-pyrrole nitrogens is 1. The summed E-state index contributed by atoms with van der Waals surface area (Å²) in [6, 6.07) is 7.72. The minimum atomic E-state index is -1.10. The van der Waals surface area contributed by atoms with Gasteiger partial charge in [0.2, 0.25) is 0 Å². The van der Waals surface area contributed by atoms with E-state index in [1.54, 1.807) is 24.3 Å². The molecule has 2 rings (SSSR count). The maximum Gasteiger partial charge on any atom is 0.352 e. The molecule has 1 heterocycles. The summed E-state index contributed by atoms with van der Waals surface area (Å²) < 4.78 is 0. The molecule has 5 heteroatoms. The second kappa shape index (κ2) is 4.43. The quantitative estimate of drug-likeness (QED) is 0.822. The van der Waals surface area contributed by atoms with Crippen LogP contribution in [0, 0.1) is 0 Å². The van der Waals surface area contributed by atoms with E-state index in [1.807, 2.05) is 0 Å². The van der Waals surface area contributed by atoms with Gasteiger partial charge in [-0.05, 0) is 30.3 Å². The van der Waals surface area contributed by atoms with Gasteiger partial charge in [0.1, 0.15) is 5.69 Å². The third-order valence-electron chi connectivity index (χ3n) is 2.28. The first kappa shape index (κ1) is 11.4. The van der Waals surface area contributed by atoms with E-state index < -0.39 is 5.97 Å². The van der Waals surface area contributed by atoms with Crippen LogP contribution in [0.5, 0.6) is 0 Å². The van der Waals surface area contributed by atoms with Crippen LogP contribution in [0.3, 0.4) is 0 Å². The number of benzene rings is 1. The molecule has 1 aromatic heterocycles. The number of halogens is 1. The second-order valence-electron chi connectivity index (χ2n) is 3.44. The first-order valence-corrected chi connectivity index (χ1v) is 5.17. The van der Waals surface area contributed by atoms with Crippen LogP contribution in [0.15, 0.2) is 36.5 Å². The van der Waals surface area contributed by atoms with E-state index in [9.17, 15) is 9.59 Å². The third-order valence-corrected chi connectivity index (χ3v) is 2.53. The lowest BCUT2D eigenvalue weighted by Gasteiger charge is -1.97. The van der Waals surface area contributed by atoms with Gasteiger partial charge in [-0.15, -0.1) is 0 Å². The molecule has 17 heavy (non-hydrogen) atoms. The number of nitrogens with one attached hydrogen (secondary N) is 1. The van der Waals surface area contributed by atoms with Crippen molar-refractivity contribution in [3.05, 3.63) is 58.4 Å². The number of aromatic amines is 1. The van der Waals surface area contributed by atoms with Crippen molar-refractivity contribution in [3.8, 4) is 0 Å². The van der Waals surface area contributed by atoms with E-state index in [-0.39, 0.29) is 11.5 Å². The Morgan fingerprint density at radius 1 is 1.12 bits per heavy atom. The van der Waals surface area contributed by atoms with Crippen molar-refractivity contribution in [1.82, 2.24) is 4.98 Å². The molecule has 86 valence electrons. The Bertz CT molecular complexity index is 572. The summed E-state index contributed by atoms with van der Waals surface area (Å²) in [7, 11) is 0. The number of rotatable bonds is 3. The lowest BCUT2D eigenvalue weighted by molar-refractivity contribution is 0.0691. The topological polar surface area (TPSA) is 70.2 Å². The maximum atomic E-state index is 11.9. The maximum absolute atomic E-state index is 11.9. The molecule has 0 fully saturated rings. The van der Waals surface area contributed by atoms with E-state index >= 15 is 0 Å². The molecule has 0 saturated carbocycles. The van der Waals surface area contributed by atoms with Crippen molar-refractivity contribution in [1.29, 1.82) is 0 Å². The standard InChI is InChI=1S/C12H8ClNO3/c13-9-3-1-7(2-4-9)11(15)8-5-10(12(16)17)14-6-8/h1-6,14H,(H,16,17). The molecule has 2 aromatic rings. The number of hydrogen-bond donors (Lipinski definition) is 2. The SMILES string of the molecule is O=C(c1ccc(Cl)cc1)c1c[nH]c(C(=O)O)c1. The number of ketones is 1. The van der Waals surface area contributed by atoms with Crippen molar-refractivity contribution in [2.75, 3.05) is 0 Å². The van der Waals surface area contributed by atoms with Gasteiger partial charge >= 0.3 is 5.97 Å². The van der Waals surface area contributed by atoms with Gasteiger partial charge in [0.05, 0.1) is 0 Å². The zero-order chi connectivity index (χ0) is 12.4. The zero-order valence-corrected chi connectivity index (χ0v) is 9.36. The number of carbonyl (C=O) groups excluding carboxylic acids is 1. The van der Waals surface area contributed by atoms with Gasteiger partial charge in [-0.1, -0.05) is 11.6 Å². The summed E-state index contributed by atoms with van der Waals surface area (Å²) in [6.07, 6.45) is 1.38. The van der Waals surface area contributed by atoms with Crippen molar-refractivity contribution in [2.45, 2.75) is 0 Å². The molecule has 0 amide bonds. The smallest absolute Gasteiger partial charge is 0.352 e. The minimum Gasteiger partial charge on any atom is -0.477 e. The van der Waals surface area contributed by atoms with Crippen molar-refractivity contribution in [3.63, 3.8) is 0 Å². The largest absolute Gasteiger partial charge is 0.477 e. The van der Waals surface area contributed by atoms with E-state index in [4.69, 9.17) is 16.7 Å². The van der Waals surface area contributed by atoms with Gasteiger partial charge in [0.15, 0.2) is 5.78 Å². The number of hydrogen-bond acceptors (Lipinski definition) is 2. The first-order chi connectivity index (χ1) is 8.08. The summed E-state index contributed by atoms with van der Waals surface area (Å²) in [4.78, 5) is 25.1. The predicted octanol–water partition coefficient (Wildman–Crippen LogP) is 2.60. The lowest BCUT2D eigenvalue weighted by Crippen LogP contribution is -1.99. The average Bonchev–Trinajstić information content (AvgIpc) is 2.78. The molecule has 4 nitrogen and oxygen atoms in total. The fourth-order valence-electron chi connectivity index (χ4n) is 1.42. The number of aromatic carboxylic acids is 1. The number of aromatic nitrogens is 1. The van der Waals surface area contributed by atoms with Crippen LogP contribution < -0.4 is 0 Å². The highest BCUT2D eigenvalue weighted by Crippen LogP contribution is 2.14. The Morgan fingerprint density at radius 2 is 1.76 bits per heavy atom. The summed E-state index contributed by atoms with van der Waals surface area (Å²) in [5.41, 5.74) is 0.761. The van der Waals surface area contributed by atoms with Gasteiger partial charge in [-0.3, -0.25) is 4.79 Å². The highest BCUT2D eigenvalue weighted by molar-refractivity contribution is 6.30. The van der Waals surface area contributed by atoms with Crippen LogP contribution in [0.4, 0.5) is 0 Å². The summed E-state index contributed by atoms with van der Waals surface area (Å²) in [5.74, 6) is -1.34. The van der Waals surface area contributed by atoms with Crippen molar-refractivity contribution >= 4 is 23.4 Å². The molecular weight excluding hydrogens is 242 g/mol. The molecule has 0 saturated heterocycles. The molecule has 0 aliphatic heterocycles. The molecule has 2 N–H and O–H groups in total. The van der Waals surface area contributed by atoms with Crippen LogP contribution >= 0.6 is 11.6 Å². The Kier molecular flexibility index (Phi) is 2.97. The lowest BCUT2D eigenvalue weighted by atomic mass is 10.1. The van der Waals surface area contributed by atoms with Gasteiger partial charge in [0, 0.05) is 22.3 Å². The van der Waals surface area contributed by atoms with Crippen molar-refractivity contribution in [2.24, 2.45) is 0 Å². The summed E-state index contributed by atoms with van der Waals surface area (Å²) in [5, 5.41) is 9.27. The highest BCUT2D eigenvalue weighted by atomic mass is 35.5. The van der Waals surface area contributed by atoms with Crippen LogP contribution in [0.25, 0.3) is 0 Å². The van der Waals surface area contributed by atoms with E-state index in [2.05, 4.69) is 4.98 Å². The summed E-state index contributed by atoms with van der Waals surface area (Å²) >= 11 is 5.71. The molecular formula is C12H8ClNO3. The number of carbonyl (C=O) groups is 2. The van der Waals surface area contributed by atoms with E-state index in [1.165, 1.54) is 12.3 Å². The minimum absolute atomic E-state index is 0.0117. The normalized spacial score (nSPS) is 10.2. The third kappa shape index (κ3) is 2.37. The number of carboxylic acid groups (broad SMARTS) is 1. The molecule has 0 bridgehead atoms. The van der Waals surface area contributed by atoms with Gasteiger partial charge in [-0.2, -0.15) is 0 Å². The average molecular weight is 250 g/mol. The Morgan fingerprint density at radius 3 is 2.29 bits per heavy atom. The molecule has 1 aromatic carbocycles. The van der Waals surface area contributed by atoms with Crippen LogP contribution in [-0.2, 0) is 0 Å². The van der Waals surface area contributed by atoms with Gasteiger partial charge in [-0.25, -0.2) is 4.79 Å². The fourth-order valence-corrected chi connectivity index (χ4v) is 1.54. The van der Waals surface area contributed by atoms with Crippen LogP contribution in [0.2, 0.25) is 5.02 Å². The Hall–Kier alpha value is -2.07. The van der Waals surface area contributed by atoms with Crippen LogP contribution in [-0.4, -0.2) is 21.8 Å². The highest BCUT2D eigenvalue weighted by Gasteiger charge is 2.13. The molecule has 0 aliphatic rings. The molecule has 0 unspecified atom stereocenters. The summed E-state index contributed by atoms with van der Waals surface area (Å²) in [6.45, 7) is 0. The second-order valence-corrected chi connectivity index (χ2v) is 3.88. The first-order valence-electron chi connectivity index (χ1n) is 4.80. The van der Waals surface area contributed by atoms with Crippen LogP contribution in [0.1, 0.15) is 26.4 Å². The van der Waals surface area contributed by atoms with Crippen molar-refractivity contribution < 1.29 is 14.7 Å². The van der Waals surface area contributed by atoms with E-state index in [0.717, 1.165) is 0 Å².